The normalized spacial score (nSPS) is 13.5. The van der Waals surface area contributed by atoms with Crippen molar-refractivity contribution in [2.75, 3.05) is 24.6 Å². The molecule has 0 spiro atoms. The van der Waals surface area contributed by atoms with E-state index in [1.165, 1.54) is 12.8 Å². The second kappa shape index (κ2) is 10.4. The number of amides is 1. The third-order valence-electron chi connectivity index (χ3n) is 5.74. The molecule has 1 fully saturated rings. The number of rotatable bonds is 10. The summed E-state index contributed by atoms with van der Waals surface area (Å²) in [5, 5.41) is 6.17. The quantitative estimate of drug-likeness (QED) is 0.421. The van der Waals surface area contributed by atoms with Crippen molar-refractivity contribution in [1.29, 1.82) is 0 Å². The molecule has 4 rings (SSSR count). The van der Waals surface area contributed by atoms with Gasteiger partial charge in [-0.2, -0.15) is 0 Å². The summed E-state index contributed by atoms with van der Waals surface area (Å²) in [4.78, 5) is 19.5. The van der Waals surface area contributed by atoms with Crippen LogP contribution >= 0.6 is 11.3 Å². The van der Waals surface area contributed by atoms with Gasteiger partial charge in [0.15, 0.2) is 5.13 Å². The molecule has 1 amide bonds. The fourth-order valence-corrected chi connectivity index (χ4v) is 4.51. The topological polar surface area (TPSA) is 54.5 Å². The fourth-order valence-electron chi connectivity index (χ4n) is 3.43. The number of aromatic nitrogens is 1. The minimum atomic E-state index is 0.0104. The van der Waals surface area contributed by atoms with Crippen LogP contribution in [0.2, 0.25) is 0 Å². The van der Waals surface area contributed by atoms with Gasteiger partial charge in [-0.3, -0.25) is 4.79 Å². The summed E-state index contributed by atoms with van der Waals surface area (Å²) in [6.07, 6.45) is 2.47. The lowest BCUT2D eigenvalue weighted by molar-refractivity contribution is 0.0952. The van der Waals surface area contributed by atoms with Crippen molar-refractivity contribution in [2.24, 2.45) is 5.92 Å². The Morgan fingerprint density at radius 1 is 1.12 bits per heavy atom. The molecular formula is C27H33N3O2S. The molecule has 0 radical (unpaired) electrons. The predicted octanol–water partition coefficient (Wildman–Crippen LogP) is 5.67. The molecule has 5 nitrogen and oxygen atoms in total. The third-order valence-corrected chi connectivity index (χ3v) is 6.64. The molecular weight excluding hydrogens is 430 g/mol. The molecule has 1 aliphatic carbocycles. The Morgan fingerprint density at radius 3 is 2.48 bits per heavy atom. The number of ether oxygens (including phenoxy) is 1. The SMILES string of the molecule is CC(C)(C)c1csc(N(CCOc2ccccc2)Cc2ccc(C(=O)NCC3CC3)cc2)n1. The van der Waals surface area contributed by atoms with E-state index < -0.39 is 0 Å². The van der Waals surface area contributed by atoms with Crippen LogP contribution in [0.15, 0.2) is 60.0 Å². The van der Waals surface area contributed by atoms with Gasteiger partial charge in [0, 0.05) is 29.4 Å². The Kier molecular flexibility index (Phi) is 7.33. The molecule has 1 N–H and O–H groups in total. The minimum absolute atomic E-state index is 0.0104. The lowest BCUT2D eigenvalue weighted by atomic mass is 9.93. The van der Waals surface area contributed by atoms with Crippen LogP contribution in [0.4, 0.5) is 5.13 Å². The van der Waals surface area contributed by atoms with E-state index in [0.29, 0.717) is 24.6 Å². The van der Waals surface area contributed by atoms with E-state index in [4.69, 9.17) is 9.72 Å². The Labute approximate surface area is 200 Å². The van der Waals surface area contributed by atoms with Gasteiger partial charge in [0.2, 0.25) is 0 Å². The lowest BCUT2D eigenvalue weighted by Crippen LogP contribution is -2.28. The Hall–Kier alpha value is -2.86. The van der Waals surface area contributed by atoms with Crippen molar-refractivity contribution in [3.8, 4) is 5.75 Å². The zero-order valence-corrected chi connectivity index (χ0v) is 20.5. The van der Waals surface area contributed by atoms with E-state index in [0.717, 1.165) is 35.2 Å². The van der Waals surface area contributed by atoms with Crippen LogP contribution in [-0.2, 0) is 12.0 Å². The number of nitrogens with one attached hydrogen (secondary N) is 1. The van der Waals surface area contributed by atoms with E-state index >= 15 is 0 Å². The van der Waals surface area contributed by atoms with E-state index in [1.54, 1.807) is 11.3 Å². The van der Waals surface area contributed by atoms with Crippen LogP contribution in [0.3, 0.4) is 0 Å². The van der Waals surface area contributed by atoms with Crippen LogP contribution < -0.4 is 15.0 Å². The number of nitrogens with zero attached hydrogens (tertiary/aromatic N) is 2. The van der Waals surface area contributed by atoms with Gasteiger partial charge < -0.3 is 15.0 Å². The molecule has 1 saturated carbocycles. The van der Waals surface area contributed by atoms with Gasteiger partial charge in [-0.05, 0) is 48.6 Å². The maximum absolute atomic E-state index is 12.4. The number of anilines is 1. The first-order valence-electron chi connectivity index (χ1n) is 11.6. The number of para-hydroxylation sites is 1. The summed E-state index contributed by atoms with van der Waals surface area (Å²) in [5.41, 5.74) is 2.96. The summed E-state index contributed by atoms with van der Waals surface area (Å²) in [5.74, 6) is 1.56. The molecule has 1 aromatic heterocycles. The average Bonchev–Trinajstić information content (AvgIpc) is 3.50. The average molecular weight is 464 g/mol. The van der Waals surface area contributed by atoms with Crippen LogP contribution in [0, 0.1) is 5.92 Å². The largest absolute Gasteiger partial charge is 0.492 e. The monoisotopic (exact) mass is 463 g/mol. The number of hydrogen-bond donors (Lipinski definition) is 1. The molecule has 0 saturated heterocycles. The summed E-state index contributed by atoms with van der Waals surface area (Å²) in [6.45, 7) is 9.33. The Bertz CT molecular complexity index is 1040. The van der Waals surface area contributed by atoms with Gasteiger partial charge in [0.1, 0.15) is 12.4 Å². The van der Waals surface area contributed by atoms with Crippen LogP contribution in [0.25, 0.3) is 0 Å². The third kappa shape index (κ3) is 6.81. The van der Waals surface area contributed by atoms with E-state index in [2.05, 4.69) is 36.4 Å². The highest BCUT2D eigenvalue weighted by Gasteiger charge is 2.22. The highest BCUT2D eigenvalue weighted by Crippen LogP contribution is 2.30. The van der Waals surface area contributed by atoms with Crippen LogP contribution in [-0.4, -0.2) is 30.6 Å². The Balaban J connectivity index is 1.42. The molecule has 0 atom stereocenters. The Morgan fingerprint density at radius 2 is 1.85 bits per heavy atom. The maximum Gasteiger partial charge on any atom is 0.251 e. The molecule has 1 heterocycles. The molecule has 3 aromatic rings. The molecule has 33 heavy (non-hydrogen) atoms. The smallest absolute Gasteiger partial charge is 0.251 e. The summed E-state index contributed by atoms with van der Waals surface area (Å²) in [6, 6.07) is 17.8. The van der Waals surface area contributed by atoms with Crippen molar-refractivity contribution in [3.05, 3.63) is 76.8 Å². The van der Waals surface area contributed by atoms with E-state index in [-0.39, 0.29) is 11.3 Å². The van der Waals surface area contributed by atoms with Gasteiger partial charge >= 0.3 is 0 Å². The summed E-state index contributed by atoms with van der Waals surface area (Å²) in [7, 11) is 0. The van der Waals surface area contributed by atoms with Gasteiger partial charge in [-0.15, -0.1) is 11.3 Å². The van der Waals surface area contributed by atoms with Crippen LogP contribution in [0.5, 0.6) is 5.75 Å². The second-order valence-corrected chi connectivity index (χ2v) is 10.5. The second-order valence-electron chi connectivity index (χ2n) is 9.70. The predicted molar refractivity (Wildman–Crippen MR) is 135 cm³/mol. The van der Waals surface area contributed by atoms with Crippen molar-refractivity contribution < 1.29 is 9.53 Å². The van der Waals surface area contributed by atoms with Gasteiger partial charge in [-0.25, -0.2) is 4.98 Å². The van der Waals surface area contributed by atoms with Crippen molar-refractivity contribution in [3.63, 3.8) is 0 Å². The van der Waals surface area contributed by atoms with Crippen LogP contribution in [0.1, 0.15) is 55.2 Å². The molecule has 0 bridgehead atoms. The van der Waals surface area contributed by atoms with Gasteiger partial charge in [0.25, 0.3) is 5.91 Å². The lowest BCUT2D eigenvalue weighted by Gasteiger charge is -2.23. The highest BCUT2D eigenvalue weighted by atomic mass is 32.1. The van der Waals surface area contributed by atoms with Gasteiger partial charge in [-0.1, -0.05) is 51.1 Å². The van der Waals surface area contributed by atoms with E-state index in [1.807, 2.05) is 54.6 Å². The molecule has 6 heteroatoms. The molecule has 174 valence electrons. The van der Waals surface area contributed by atoms with Crippen molar-refractivity contribution >= 4 is 22.4 Å². The summed E-state index contributed by atoms with van der Waals surface area (Å²) < 4.78 is 5.95. The van der Waals surface area contributed by atoms with Crippen molar-refractivity contribution in [2.45, 2.75) is 45.6 Å². The minimum Gasteiger partial charge on any atom is -0.492 e. The molecule has 1 aliphatic rings. The van der Waals surface area contributed by atoms with E-state index in [9.17, 15) is 4.79 Å². The van der Waals surface area contributed by atoms with Gasteiger partial charge in [0.05, 0.1) is 12.2 Å². The number of benzene rings is 2. The first-order valence-corrected chi connectivity index (χ1v) is 12.5. The van der Waals surface area contributed by atoms with Crippen molar-refractivity contribution in [1.82, 2.24) is 10.3 Å². The number of hydrogen-bond acceptors (Lipinski definition) is 5. The summed E-state index contributed by atoms with van der Waals surface area (Å²) >= 11 is 1.67. The first kappa shape index (κ1) is 23.3. The number of carbonyl (C=O) groups is 1. The fraction of sp³-hybridized carbons (Fsp3) is 0.407. The molecule has 2 aromatic carbocycles. The zero-order valence-electron chi connectivity index (χ0n) is 19.7. The number of thiazole rings is 1. The molecule has 0 unspecified atom stereocenters. The standard InChI is InChI=1S/C27H33N3O2S/c1-27(2,3)24-19-33-26(29-24)30(15-16-32-23-7-5-4-6-8-23)18-21-11-13-22(14-12-21)25(31)28-17-20-9-10-20/h4-8,11-14,19-20H,9-10,15-18H2,1-3H3,(H,28,31). The first-order chi connectivity index (χ1) is 15.9. The highest BCUT2D eigenvalue weighted by molar-refractivity contribution is 7.13. The zero-order chi connectivity index (χ0) is 23.3. The number of carbonyl (C=O) groups excluding carboxylic acids is 1. The maximum atomic E-state index is 12.4. The molecule has 0 aliphatic heterocycles.